The van der Waals surface area contributed by atoms with E-state index in [0.29, 0.717) is 5.69 Å². The molecule has 1 aromatic heterocycles. The molecule has 0 aliphatic carbocycles. The molecule has 0 fully saturated rings. The zero-order valence-electron chi connectivity index (χ0n) is 15.6. The molecule has 0 spiro atoms. The number of hydrogen-bond acceptors (Lipinski definition) is 3. The number of fused-ring (bicyclic) bond motifs is 4. The summed E-state index contributed by atoms with van der Waals surface area (Å²) in [4.78, 5) is 21.1. The van der Waals surface area contributed by atoms with Gasteiger partial charge in [-0.25, -0.2) is 0 Å². The van der Waals surface area contributed by atoms with Crippen molar-refractivity contribution in [3.05, 3.63) is 58.8 Å². The highest BCUT2D eigenvalue weighted by Crippen LogP contribution is 2.32. The van der Waals surface area contributed by atoms with E-state index < -0.39 is 0 Å². The maximum atomic E-state index is 13.3. The molecule has 27 heavy (non-hydrogen) atoms. The molecule has 1 amide bonds. The third-order valence-corrected chi connectivity index (χ3v) is 5.89. The van der Waals surface area contributed by atoms with Crippen LogP contribution in [0.2, 0.25) is 0 Å². The highest BCUT2D eigenvalue weighted by atomic mass is 16.2. The molecule has 138 valence electrons. The number of carbonyl (C=O) groups is 1. The fourth-order valence-electron chi connectivity index (χ4n) is 4.44. The Bertz CT molecular complexity index is 1050. The molecule has 0 saturated heterocycles. The highest BCUT2D eigenvalue weighted by molar-refractivity contribution is 6.09. The molecular weight excluding hydrogens is 336 g/mol. The molecule has 0 bridgehead atoms. The van der Waals surface area contributed by atoms with Gasteiger partial charge in [-0.05, 0) is 61.3 Å². The second-order valence-corrected chi connectivity index (χ2v) is 7.78. The van der Waals surface area contributed by atoms with Crippen LogP contribution in [0.3, 0.4) is 0 Å². The number of benzene rings is 2. The number of hydrogen-bond donors (Lipinski definition) is 2. The third-order valence-electron chi connectivity index (χ3n) is 5.89. The number of aromatic amines is 1. The molecule has 2 aliphatic rings. The van der Waals surface area contributed by atoms with Crippen LogP contribution in [0.25, 0.3) is 10.9 Å². The van der Waals surface area contributed by atoms with Crippen LogP contribution < -0.4 is 10.6 Å². The standard InChI is InChI=1S/C22H24N4O/c1-25-10-8-20-18(13-25)17-11-15(5-7-19(17)24-20)22(27)26-9-2-3-14-4-6-16(23)12-21(14)26/h4-7,11-12,24H,2-3,8-10,13,23H2,1H3. The van der Waals surface area contributed by atoms with Gasteiger partial charge in [-0.3, -0.25) is 4.79 Å². The third kappa shape index (κ3) is 2.70. The lowest BCUT2D eigenvalue weighted by Gasteiger charge is -2.30. The quantitative estimate of drug-likeness (QED) is 0.654. The Labute approximate surface area is 158 Å². The van der Waals surface area contributed by atoms with Crippen molar-refractivity contribution < 1.29 is 4.79 Å². The first-order valence-corrected chi connectivity index (χ1v) is 9.62. The van der Waals surface area contributed by atoms with Crippen molar-refractivity contribution in [2.24, 2.45) is 0 Å². The summed E-state index contributed by atoms with van der Waals surface area (Å²) in [6.45, 7) is 2.73. The number of amides is 1. The molecule has 0 saturated carbocycles. The zero-order chi connectivity index (χ0) is 18.5. The monoisotopic (exact) mass is 360 g/mol. The Morgan fingerprint density at radius 1 is 1.11 bits per heavy atom. The summed E-state index contributed by atoms with van der Waals surface area (Å²) in [6.07, 6.45) is 3.01. The smallest absolute Gasteiger partial charge is 0.258 e. The van der Waals surface area contributed by atoms with Crippen molar-refractivity contribution in [3.63, 3.8) is 0 Å². The number of nitrogen functional groups attached to an aromatic ring is 1. The lowest BCUT2D eigenvalue weighted by Crippen LogP contribution is -2.35. The van der Waals surface area contributed by atoms with Crippen LogP contribution in [0, 0.1) is 0 Å². The minimum absolute atomic E-state index is 0.0579. The second kappa shape index (κ2) is 6.13. The van der Waals surface area contributed by atoms with E-state index in [1.54, 1.807) is 0 Å². The number of aryl methyl sites for hydroxylation is 1. The maximum Gasteiger partial charge on any atom is 0.258 e. The molecule has 0 unspecified atom stereocenters. The van der Waals surface area contributed by atoms with E-state index >= 15 is 0 Å². The zero-order valence-corrected chi connectivity index (χ0v) is 15.6. The average molecular weight is 360 g/mol. The van der Waals surface area contributed by atoms with E-state index in [9.17, 15) is 4.79 Å². The van der Waals surface area contributed by atoms with Gasteiger partial charge in [0.25, 0.3) is 5.91 Å². The van der Waals surface area contributed by atoms with Gasteiger partial charge in [0.05, 0.1) is 0 Å². The highest BCUT2D eigenvalue weighted by Gasteiger charge is 2.25. The van der Waals surface area contributed by atoms with Crippen LogP contribution >= 0.6 is 0 Å². The summed E-state index contributed by atoms with van der Waals surface area (Å²) in [5.74, 6) is 0.0579. The van der Waals surface area contributed by atoms with Gasteiger partial charge < -0.3 is 20.5 Å². The Hall–Kier alpha value is -2.79. The van der Waals surface area contributed by atoms with E-state index in [4.69, 9.17) is 5.73 Å². The van der Waals surface area contributed by atoms with Crippen molar-refractivity contribution in [1.82, 2.24) is 9.88 Å². The van der Waals surface area contributed by atoms with Gasteiger partial charge in [0.2, 0.25) is 0 Å². The van der Waals surface area contributed by atoms with Crippen molar-refractivity contribution in [1.29, 1.82) is 0 Å². The normalized spacial score (nSPS) is 17.0. The Morgan fingerprint density at radius 3 is 2.89 bits per heavy atom. The molecule has 5 heteroatoms. The van der Waals surface area contributed by atoms with Crippen molar-refractivity contribution in [2.45, 2.75) is 25.8 Å². The fourth-order valence-corrected chi connectivity index (χ4v) is 4.44. The minimum atomic E-state index is 0.0579. The first-order valence-electron chi connectivity index (χ1n) is 9.62. The Kier molecular flexibility index (Phi) is 3.72. The van der Waals surface area contributed by atoms with Gasteiger partial charge in [-0.2, -0.15) is 0 Å². The van der Waals surface area contributed by atoms with E-state index in [2.05, 4.69) is 23.0 Å². The number of rotatable bonds is 1. The van der Waals surface area contributed by atoms with Crippen LogP contribution in [-0.2, 0) is 19.4 Å². The van der Waals surface area contributed by atoms with Crippen LogP contribution in [0.4, 0.5) is 11.4 Å². The van der Waals surface area contributed by atoms with E-state index in [-0.39, 0.29) is 5.91 Å². The molecule has 5 nitrogen and oxygen atoms in total. The van der Waals surface area contributed by atoms with Crippen LogP contribution in [-0.4, -0.2) is 35.9 Å². The van der Waals surface area contributed by atoms with Crippen molar-refractivity contribution in [2.75, 3.05) is 30.8 Å². The lowest BCUT2D eigenvalue weighted by atomic mass is 9.99. The summed E-state index contributed by atoms with van der Waals surface area (Å²) in [6, 6.07) is 11.9. The number of carbonyl (C=O) groups excluding carboxylic acids is 1. The molecule has 2 aliphatic heterocycles. The van der Waals surface area contributed by atoms with Crippen molar-refractivity contribution >= 4 is 28.2 Å². The Balaban J connectivity index is 1.56. The SMILES string of the molecule is CN1CCc2[nH]c3ccc(C(=O)N4CCCc5ccc(N)cc54)cc3c2C1. The van der Waals surface area contributed by atoms with Crippen molar-refractivity contribution in [3.8, 4) is 0 Å². The average Bonchev–Trinajstić information content (AvgIpc) is 3.04. The molecule has 0 atom stereocenters. The van der Waals surface area contributed by atoms with Gasteiger partial charge in [0.15, 0.2) is 0 Å². The number of anilines is 2. The first-order chi connectivity index (χ1) is 13.1. The van der Waals surface area contributed by atoms with Gasteiger partial charge in [-0.1, -0.05) is 6.07 Å². The summed E-state index contributed by atoms with van der Waals surface area (Å²) < 4.78 is 0. The lowest BCUT2D eigenvalue weighted by molar-refractivity contribution is 0.0985. The summed E-state index contributed by atoms with van der Waals surface area (Å²) >= 11 is 0. The predicted molar refractivity (Wildman–Crippen MR) is 109 cm³/mol. The van der Waals surface area contributed by atoms with Gasteiger partial charge in [-0.15, -0.1) is 0 Å². The number of nitrogens with zero attached hydrogens (tertiary/aromatic N) is 2. The number of nitrogens with one attached hydrogen (secondary N) is 1. The van der Waals surface area contributed by atoms with E-state index in [0.717, 1.165) is 55.7 Å². The number of aromatic nitrogens is 1. The van der Waals surface area contributed by atoms with E-state index in [1.165, 1.54) is 22.2 Å². The molecule has 3 N–H and O–H groups in total. The maximum absolute atomic E-state index is 13.3. The Morgan fingerprint density at radius 2 is 2.00 bits per heavy atom. The molecule has 3 aromatic rings. The van der Waals surface area contributed by atoms with Gasteiger partial charge in [0.1, 0.15) is 0 Å². The molecular formula is C22H24N4O. The number of nitrogens with two attached hydrogens (primary N) is 1. The summed E-state index contributed by atoms with van der Waals surface area (Å²) in [5.41, 5.74) is 13.3. The van der Waals surface area contributed by atoms with Gasteiger partial charge in [0, 0.05) is 59.6 Å². The largest absolute Gasteiger partial charge is 0.399 e. The minimum Gasteiger partial charge on any atom is -0.399 e. The van der Waals surface area contributed by atoms with Crippen LogP contribution in [0.5, 0.6) is 0 Å². The number of H-pyrrole nitrogens is 1. The first kappa shape index (κ1) is 16.4. The molecule has 0 radical (unpaired) electrons. The number of likely N-dealkylation sites (N-methyl/N-ethyl adjacent to an activating group) is 1. The molecule has 3 heterocycles. The predicted octanol–water partition coefficient (Wildman–Crippen LogP) is 3.33. The van der Waals surface area contributed by atoms with Crippen LogP contribution in [0.15, 0.2) is 36.4 Å². The molecule has 2 aromatic carbocycles. The molecule has 5 rings (SSSR count). The van der Waals surface area contributed by atoms with E-state index in [1.807, 2.05) is 35.2 Å². The summed E-state index contributed by atoms with van der Waals surface area (Å²) in [5, 5.41) is 1.17. The summed E-state index contributed by atoms with van der Waals surface area (Å²) in [7, 11) is 2.14. The second-order valence-electron chi connectivity index (χ2n) is 7.78. The van der Waals surface area contributed by atoms with Gasteiger partial charge >= 0.3 is 0 Å². The van der Waals surface area contributed by atoms with Crippen LogP contribution in [0.1, 0.15) is 33.6 Å². The fraction of sp³-hybridized carbons (Fsp3) is 0.318. The topological polar surface area (TPSA) is 65.4 Å².